The summed E-state index contributed by atoms with van der Waals surface area (Å²) < 4.78 is 13.5. The van der Waals surface area contributed by atoms with Gasteiger partial charge in [0.15, 0.2) is 0 Å². The predicted octanol–water partition coefficient (Wildman–Crippen LogP) is 3.70. The van der Waals surface area contributed by atoms with Crippen molar-refractivity contribution in [1.82, 2.24) is 29.7 Å². The summed E-state index contributed by atoms with van der Waals surface area (Å²) in [5, 5.41) is 16.3. The molecule has 226 valence electrons. The van der Waals surface area contributed by atoms with Gasteiger partial charge in [0.05, 0.1) is 29.4 Å². The first kappa shape index (κ1) is 29.9. The van der Waals surface area contributed by atoms with Crippen molar-refractivity contribution in [3.8, 4) is 11.4 Å². The van der Waals surface area contributed by atoms with Crippen LogP contribution in [-0.2, 0) is 27.4 Å². The number of aryl methyl sites for hydroxylation is 1. The Balaban J connectivity index is 1.35. The van der Waals surface area contributed by atoms with Gasteiger partial charge in [-0.25, -0.2) is 19.6 Å². The van der Waals surface area contributed by atoms with Crippen LogP contribution in [0.5, 0.6) is 0 Å². The minimum atomic E-state index is -1.08. The predicted molar refractivity (Wildman–Crippen MR) is 162 cm³/mol. The van der Waals surface area contributed by atoms with E-state index in [1.54, 1.807) is 6.20 Å². The summed E-state index contributed by atoms with van der Waals surface area (Å²) in [6.07, 6.45) is 1.22. The number of fused-ring (bicyclic) bond motifs is 1. The molecule has 5 rings (SSSR count). The number of hydrogen-bond donors (Lipinski definition) is 3. The number of aromatic nitrogens is 4. The lowest BCUT2D eigenvalue weighted by atomic mass is 10.1. The number of amides is 1. The summed E-state index contributed by atoms with van der Waals surface area (Å²) >= 11 is 0. The molecule has 1 aliphatic heterocycles. The second kappa shape index (κ2) is 13.6. The lowest BCUT2D eigenvalue weighted by molar-refractivity contribution is -0.141. The van der Waals surface area contributed by atoms with Gasteiger partial charge >= 0.3 is 12.1 Å². The first-order valence-corrected chi connectivity index (χ1v) is 14.4. The normalized spacial score (nSPS) is 17.2. The first-order chi connectivity index (χ1) is 20.9. The maximum Gasteiger partial charge on any atom is 0.410 e. The van der Waals surface area contributed by atoms with Gasteiger partial charge < -0.3 is 29.8 Å². The van der Waals surface area contributed by atoms with E-state index >= 15 is 0 Å². The third kappa shape index (κ3) is 6.92. The minimum Gasteiger partial charge on any atom is -0.480 e. The number of nitrogens with one attached hydrogen (secondary N) is 2. The number of nitrogens with zero attached hydrogens (tertiary/aromatic N) is 5. The maximum absolute atomic E-state index is 12.9. The zero-order valence-corrected chi connectivity index (χ0v) is 24.6. The summed E-state index contributed by atoms with van der Waals surface area (Å²) in [6.45, 7) is 6.07. The number of carboxylic acid groups (broad SMARTS) is 1. The Labute approximate surface area is 250 Å². The average Bonchev–Trinajstić information content (AvgIpc) is 3.57. The van der Waals surface area contributed by atoms with Gasteiger partial charge in [-0.1, -0.05) is 36.4 Å². The fourth-order valence-corrected chi connectivity index (χ4v) is 5.49. The number of ether oxygens (including phenoxy) is 2. The minimum absolute atomic E-state index is 0.0491. The third-order valence-corrected chi connectivity index (χ3v) is 7.44. The van der Waals surface area contributed by atoms with Crippen molar-refractivity contribution in [1.29, 1.82) is 0 Å². The molecule has 1 aliphatic rings. The number of carboxylic acids is 1. The van der Waals surface area contributed by atoms with Gasteiger partial charge in [-0.3, -0.25) is 9.88 Å². The van der Waals surface area contributed by atoms with E-state index in [0.29, 0.717) is 36.9 Å². The fourth-order valence-electron chi connectivity index (χ4n) is 5.49. The molecule has 12 nitrogen and oxygen atoms in total. The van der Waals surface area contributed by atoms with Gasteiger partial charge in [-0.15, -0.1) is 0 Å². The maximum atomic E-state index is 12.9. The first-order valence-electron chi connectivity index (χ1n) is 14.4. The Bertz CT molecular complexity index is 1550. The Morgan fingerprint density at radius 1 is 1.12 bits per heavy atom. The van der Waals surface area contributed by atoms with Crippen molar-refractivity contribution < 1.29 is 24.2 Å². The molecule has 4 aromatic rings. The molecule has 0 spiro atoms. The number of rotatable bonds is 12. The second-order valence-corrected chi connectivity index (χ2v) is 10.5. The molecule has 0 radical (unpaired) electrons. The summed E-state index contributed by atoms with van der Waals surface area (Å²) in [5.41, 5.74) is 3.83. The molecule has 12 heteroatoms. The molecule has 0 unspecified atom stereocenters. The topological polar surface area (TPSA) is 144 Å². The van der Waals surface area contributed by atoms with E-state index in [1.807, 2.05) is 75.5 Å². The molecule has 4 heterocycles. The number of likely N-dealkylation sites (tertiary alicyclic amines) is 1. The molecule has 3 N–H and O–H groups in total. The van der Waals surface area contributed by atoms with Gasteiger partial charge in [0.2, 0.25) is 0 Å². The third-order valence-electron chi connectivity index (χ3n) is 7.44. The summed E-state index contributed by atoms with van der Waals surface area (Å²) in [4.78, 5) is 40.4. The van der Waals surface area contributed by atoms with Crippen molar-refractivity contribution in [3.63, 3.8) is 0 Å². The van der Waals surface area contributed by atoms with Crippen LogP contribution < -0.4 is 10.6 Å². The molecular weight excluding hydrogens is 550 g/mol. The Morgan fingerprint density at radius 3 is 2.67 bits per heavy atom. The Hall–Kier alpha value is -4.55. The highest BCUT2D eigenvalue weighted by Crippen LogP contribution is 2.29. The van der Waals surface area contributed by atoms with E-state index < -0.39 is 18.1 Å². The monoisotopic (exact) mass is 587 g/mol. The van der Waals surface area contributed by atoms with Crippen LogP contribution in [0, 0.1) is 6.92 Å². The zero-order valence-electron chi connectivity index (χ0n) is 24.6. The van der Waals surface area contributed by atoms with Gasteiger partial charge in [0, 0.05) is 38.4 Å². The summed E-state index contributed by atoms with van der Waals surface area (Å²) in [5.74, 6) is 0.324. The average molecular weight is 588 g/mol. The molecule has 43 heavy (non-hydrogen) atoms. The smallest absolute Gasteiger partial charge is 0.410 e. The second-order valence-electron chi connectivity index (χ2n) is 10.5. The van der Waals surface area contributed by atoms with Gasteiger partial charge in [-0.05, 0) is 44.7 Å². The Kier molecular flexibility index (Phi) is 9.48. The number of anilines is 1. The number of pyridine rings is 2. The van der Waals surface area contributed by atoms with Gasteiger partial charge in [0.1, 0.15) is 30.0 Å². The summed E-state index contributed by atoms with van der Waals surface area (Å²) in [6, 6.07) is 15.4. The van der Waals surface area contributed by atoms with Crippen LogP contribution in [0.25, 0.3) is 22.4 Å². The van der Waals surface area contributed by atoms with Crippen molar-refractivity contribution in [2.24, 2.45) is 0 Å². The number of benzene rings is 1. The molecule has 0 bridgehead atoms. The Morgan fingerprint density at radius 2 is 1.93 bits per heavy atom. The standard InChI is InChI=1S/C31H37N7O5/c1-4-42-23(16-32-3)18-37-20(2)34-25-13-14-33-28(29(25)37)24-11-8-12-27(36-24)35-22-15-26(30(39)40)38(17-22)31(41)43-19-21-9-6-5-7-10-21/h5-14,22-23,26,32H,4,15-19H2,1-3H3,(H,35,36)(H,39,40)/t22-,23-,26-/m0/s1. The van der Waals surface area contributed by atoms with Gasteiger partial charge in [-0.2, -0.15) is 0 Å². The van der Waals surface area contributed by atoms with Crippen LogP contribution in [0.1, 0.15) is 24.7 Å². The van der Waals surface area contributed by atoms with Crippen LogP contribution in [0.2, 0.25) is 0 Å². The molecule has 3 aromatic heterocycles. The van der Waals surface area contributed by atoms with E-state index in [0.717, 1.165) is 22.4 Å². The van der Waals surface area contributed by atoms with Crippen molar-refractivity contribution in [3.05, 3.63) is 72.2 Å². The van der Waals surface area contributed by atoms with E-state index in [4.69, 9.17) is 19.4 Å². The number of hydrogen-bond acceptors (Lipinski definition) is 9. The summed E-state index contributed by atoms with van der Waals surface area (Å²) in [7, 11) is 1.90. The zero-order chi connectivity index (χ0) is 30.3. The number of carbonyl (C=O) groups is 2. The van der Waals surface area contributed by atoms with Crippen LogP contribution in [0.4, 0.5) is 10.6 Å². The van der Waals surface area contributed by atoms with Crippen LogP contribution in [-0.4, -0.2) is 86.5 Å². The van der Waals surface area contributed by atoms with Crippen LogP contribution in [0.15, 0.2) is 60.8 Å². The number of imidazole rings is 1. The van der Waals surface area contributed by atoms with Crippen LogP contribution in [0.3, 0.4) is 0 Å². The van der Waals surface area contributed by atoms with Gasteiger partial charge in [0.25, 0.3) is 0 Å². The molecule has 3 atom stereocenters. The molecule has 0 aliphatic carbocycles. The highest BCUT2D eigenvalue weighted by Gasteiger charge is 2.40. The molecule has 1 aromatic carbocycles. The quantitative estimate of drug-likeness (QED) is 0.224. The van der Waals surface area contributed by atoms with Crippen molar-refractivity contribution >= 4 is 28.9 Å². The molecule has 0 saturated carbocycles. The van der Waals surface area contributed by atoms with Crippen molar-refractivity contribution in [2.45, 2.75) is 51.6 Å². The largest absolute Gasteiger partial charge is 0.480 e. The van der Waals surface area contributed by atoms with E-state index in [9.17, 15) is 14.7 Å². The lowest BCUT2D eigenvalue weighted by Crippen LogP contribution is -2.41. The molecule has 1 saturated heterocycles. The number of aliphatic carboxylic acids is 1. The van der Waals surface area contributed by atoms with Crippen molar-refractivity contribution in [2.75, 3.05) is 32.1 Å². The van der Waals surface area contributed by atoms with E-state index in [2.05, 4.69) is 20.2 Å². The highest BCUT2D eigenvalue weighted by atomic mass is 16.6. The SMILES string of the molecule is CCO[C@@H](CNC)Cn1c(C)nc2ccnc(-c3cccc(N[C@H]4C[C@@H](C(=O)O)N(C(=O)OCc5ccccc5)C4)n3)c21. The van der Waals surface area contributed by atoms with E-state index in [-0.39, 0.29) is 31.7 Å². The van der Waals surface area contributed by atoms with E-state index in [1.165, 1.54) is 4.90 Å². The number of likely N-dealkylation sites (N-methyl/N-ethyl adjacent to an activating group) is 1. The highest BCUT2D eigenvalue weighted by molar-refractivity contribution is 5.89. The number of carbonyl (C=O) groups excluding carboxylic acids is 1. The lowest BCUT2D eigenvalue weighted by Gasteiger charge is -2.21. The molecule has 1 fully saturated rings. The fraction of sp³-hybridized carbons (Fsp3) is 0.387. The molecular formula is C31H37N7O5. The van der Waals surface area contributed by atoms with Crippen LogP contribution >= 0.6 is 0 Å². The molecule has 1 amide bonds.